The molecule has 1 fully saturated rings. The molecular formula is C11H8Cl2F4. The van der Waals surface area contributed by atoms with E-state index in [0.717, 1.165) is 6.92 Å². The summed E-state index contributed by atoms with van der Waals surface area (Å²) in [5.74, 6) is -5.84. The summed E-state index contributed by atoms with van der Waals surface area (Å²) >= 11 is 11.4. The predicted octanol–water partition coefficient (Wildman–Crippen LogP) is 4.29. The van der Waals surface area contributed by atoms with Crippen LogP contribution in [0.4, 0.5) is 17.6 Å². The molecule has 0 bridgehead atoms. The molecule has 0 aliphatic heterocycles. The first-order valence-corrected chi connectivity index (χ1v) is 5.70. The van der Waals surface area contributed by atoms with Crippen LogP contribution in [-0.2, 0) is 6.42 Å². The molecule has 0 saturated heterocycles. The summed E-state index contributed by atoms with van der Waals surface area (Å²) in [5, 5.41) is 0. The van der Waals surface area contributed by atoms with E-state index in [2.05, 4.69) is 0 Å². The van der Waals surface area contributed by atoms with Crippen LogP contribution >= 0.6 is 23.2 Å². The van der Waals surface area contributed by atoms with Gasteiger partial charge in [0.15, 0.2) is 23.3 Å². The van der Waals surface area contributed by atoms with Crippen molar-refractivity contribution in [3.8, 4) is 0 Å². The molecule has 2 rings (SSSR count). The van der Waals surface area contributed by atoms with Crippen molar-refractivity contribution >= 4 is 23.2 Å². The van der Waals surface area contributed by atoms with Gasteiger partial charge in [0.05, 0.1) is 0 Å². The summed E-state index contributed by atoms with van der Waals surface area (Å²) < 4.78 is 52.4. The fourth-order valence-electron chi connectivity index (χ4n) is 1.70. The zero-order valence-electron chi connectivity index (χ0n) is 8.76. The molecule has 1 aliphatic rings. The van der Waals surface area contributed by atoms with Crippen molar-refractivity contribution in [2.24, 2.45) is 5.92 Å². The SMILES string of the molecule is Cc1c(F)c(F)c(CC2CC2(Cl)Cl)c(F)c1F. The second-order valence-corrected chi connectivity index (χ2v) is 5.77. The Kier molecular flexibility index (Phi) is 3.07. The van der Waals surface area contributed by atoms with Gasteiger partial charge in [0.1, 0.15) is 4.33 Å². The Bertz CT molecular complexity index is 456. The van der Waals surface area contributed by atoms with Crippen LogP contribution in [0.15, 0.2) is 0 Å². The highest BCUT2D eigenvalue weighted by molar-refractivity contribution is 6.50. The third-order valence-electron chi connectivity index (χ3n) is 2.98. The van der Waals surface area contributed by atoms with Crippen LogP contribution in [0.1, 0.15) is 17.5 Å². The lowest BCUT2D eigenvalue weighted by atomic mass is 10.0. The minimum atomic E-state index is -1.37. The van der Waals surface area contributed by atoms with Gasteiger partial charge < -0.3 is 0 Å². The Morgan fingerprint density at radius 3 is 1.82 bits per heavy atom. The van der Waals surface area contributed by atoms with E-state index in [-0.39, 0.29) is 12.3 Å². The van der Waals surface area contributed by atoms with Crippen LogP contribution in [0, 0.1) is 36.1 Å². The Balaban J connectivity index is 2.41. The van der Waals surface area contributed by atoms with Gasteiger partial charge in [-0.25, -0.2) is 17.6 Å². The summed E-state index contributed by atoms with van der Waals surface area (Å²) in [7, 11) is 0. The molecule has 1 atom stereocenters. The molecule has 0 heterocycles. The average molecular weight is 287 g/mol. The predicted molar refractivity (Wildman–Crippen MR) is 57.3 cm³/mol. The first kappa shape index (κ1) is 13.0. The normalized spacial score (nSPS) is 21.7. The Morgan fingerprint density at radius 2 is 1.47 bits per heavy atom. The number of halogens is 6. The molecule has 0 amide bonds. The highest BCUT2D eigenvalue weighted by atomic mass is 35.5. The topological polar surface area (TPSA) is 0 Å². The van der Waals surface area contributed by atoms with E-state index in [4.69, 9.17) is 23.2 Å². The van der Waals surface area contributed by atoms with Crippen molar-refractivity contribution in [3.05, 3.63) is 34.4 Å². The van der Waals surface area contributed by atoms with Gasteiger partial charge in [-0.15, -0.1) is 23.2 Å². The average Bonchev–Trinajstić information content (AvgIpc) is 2.87. The lowest BCUT2D eigenvalue weighted by Crippen LogP contribution is -2.08. The molecule has 6 heteroatoms. The Labute approximate surface area is 106 Å². The second-order valence-electron chi connectivity index (χ2n) is 4.23. The largest absolute Gasteiger partial charge is 0.203 e. The number of hydrogen-bond donors (Lipinski definition) is 0. The molecule has 1 aromatic rings. The third-order valence-corrected chi connectivity index (χ3v) is 3.91. The van der Waals surface area contributed by atoms with Crippen molar-refractivity contribution < 1.29 is 17.6 Å². The van der Waals surface area contributed by atoms with Gasteiger partial charge in [0.25, 0.3) is 0 Å². The summed E-state index contributed by atoms with van der Waals surface area (Å²) in [6, 6.07) is 0. The molecule has 0 aromatic heterocycles. The number of alkyl halides is 2. The Morgan fingerprint density at radius 1 is 1.06 bits per heavy atom. The first-order chi connectivity index (χ1) is 7.75. The molecule has 1 aliphatic carbocycles. The summed E-state index contributed by atoms with van der Waals surface area (Å²) in [6.45, 7) is 0.977. The maximum atomic E-state index is 13.5. The van der Waals surface area contributed by atoms with E-state index < -0.39 is 38.7 Å². The van der Waals surface area contributed by atoms with Gasteiger partial charge in [-0.1, -0.05) is 0 Å². The van der Waals surface area contributed by atoms with Gasteiger partial charge in [-0.05, 0) is 25.7 Å². The summed E-state index contributed by atoms with van der Waals surface area (Å²) in [4.78, 5) is 0. The molecule has 1 unspecified atom stereocenters. The number of hydrogen-bond acceptors (Lipinski definition) is 0. The molecule has 0 spiro atoms. The van der Waals surface area contributed by atoms with Crippen molar-refractivity contribution in [1.29, 1.82) is 0 Å². The quantitative estimate of drug-likeness (QED) is 0.432. The van der Waals surface area contributed by atoms with Crippen LogP contribution < -0.4 is 0 Å². The molecule has 1 saturated carbocycles. The third kappa shape index (κ3) is 2.13. The van der Waals surface area contributed by atoms with E-state index in [9.17, 15) is 17.6 Å². The van der Waals surface area contributed by atoms with E-state index in [1.165, 1.54) is 0 Å². The van der Waals surface area contributed by atoms with Crippen LogP contribution in [0.25, 0.3) is 0 Å². The molecular weight excluding hydrogens is 279 g/mol. The number of benzene rings is 1. The standard InChI is InChI=1S/C11H8Cl2F4/c1-4-7(14)9(16)6(10(17)8(4)15)2-5-3-11(5,12)13/h5H,2-3H2,1H3. The summed E-state index contributed by atoms with van der Waals surface area (Å²) in [5.41, 5.74) is -1.29. The van der Waals surface area contributed by atoms with Crippen LogP contribution in [0.2, 0.25) is 0 Å². The van der Waals surface area contributed by atoms with Crippen LogP contribution in [0.5, 0.6) is 0 Å². The van der Waals surface area contributed by atoms with Gasteiger partial charge in [0.2, 0.25) is 0 Å². The molecule has 94 valence electrons. The zero-order valence-corrected chi connectivity index (χ0v) is 10.3. The summed E-state index contributed by atoms with van der Waals surface area (Å²) in [6.07, 6.45) is 0.144. The van der Waals surface area contributed by atoms with Crippen molar-refractivity contribution in [1.82, 2.24) is 0 Å². The van der Waals surface area contributed by atoms with Crippen LogP contribution in [-0.4, -0.2) is 4.33 Å². The van der Waals surface area contributed by atoms with Crippen molar-refractivity contribution in [2.45, 2.75) is 24.1 Å². The van der Waals surface area contributed by atoms with Crippen LogP contribution in [0.3, 0.4) is 0 Å². The molecule has 0 nitrogen and oxygen atoms in total. The Hall–Kier alpha value is -0.480. The first-order valence-electron chi connectivity index (χ1n) is 4.95. The zero-order chi connectivity index (χ0) is 13.0. The highest BCUT2D eigenvalue weighted by Crippen LogP contribution is 2.55. The lowest BCUT2D eigenvalue weighted by Gasteiger charge is -2.09. The minimum Gasteiger partial charge on any atom is -0.203 e. The van der Waals surface area contributed by atoms with Crippen molar-refractivity contribution in [3.63, 3.8) is 0 Å². The highest BCUT2D eigenvalue weighted by Gasteiger charge is 2.52. The fourth-order valence-corrected chi connectivity index (χ4v) is 2.23. The second kappa shape index (κ2) is 4.02. The molecule has 0 N–H and O–H groups in total. The number of rotatable bonds is 2. The lowest BCUT2D eigenvalue weighted by molar-refractivity contribution is 0.428. The maximum absolute atomic E-state index is 13.5. The maximum Gasteiger partial charge on any atom is 0.165 e. The molecule has 0 radical (unpaired) electrons. The van der Waals surface area contributed by atoms with E-state index in [1.807, 2.05) is 0 Å². The van der Waals surface area contributed by atoms with Gasteiger partial charge >= 0.3 is 0 Å². The van der Waals surface area contributed by atoms with E-state index in [0.29, 0.717) is 6.42 Å². The monoisotopic (exact) mass is 286 g/mol. The molecule has 17 heavy (non-hydrogen) atoms. The van der Waals surface area contributed by atoms with E-state index in [1.54, 1.807) is 0 Å². The molecule has 1 aromatic carbocycles. The van der Waals surface area contributed by atoms with Crippen molar-refractivity contribution in [2.75, 3.05) is 0 Å². The van der Waals surface area contributed by atoms with Gasteiger partial charge in [0, 0.05) is 11.1 Å². The smallest absolute Gasteiger partial charge is 0.165 e. The van der Waals surface area contributed by atoms with Gasteiger partial charge in [-0.2, -0.15) is 0 Å². The van der Waals surface area contributed by atoms with E-state index >= 15 is 0 Å². The van der Waals surface area contributed by atoms with Gasteiger partial charge in [-0.3, -0.25) is 0 Å². The fraction of sp³-hybridized carbons (Fsp3) is 0.455. The minimum absolute atomic E-state index is 0.210.